The summed E-state index contributed by atoms with van der Waals surface area (Å²) in [5, 5.41) is 13.3. The van der Waals surface area contributed by atoms with Crippen LogP contribution in [0.1, 0.15) is 30.6 Å². The Bertz CT molecular complexity index is 678. The normalized spacial score (nSPS) is 11.0. The number of hydrogen-bond donors (Lipinski definition) is 2. The van der Waals surface area contributed by atoms with Crippen LogP contribution in [0.5, 0.6) is 0 Å². The summed E-state index contributed by atoms with van der Waals surface area (Å²) in [5.41, 5.74) is 1.85. The molecular formula is C15H15NO3S2. The van der Waals surface area contributed by atoms with Crippen molar-refractivity contribution in [3.63, 3.8) is 0 Å². The summed E-state index contributed by atoms with van der Waals surface area (Å²) in [5.74, 6) is -1.21. The fourth-order valence-corrected chi connectivity index (χ4v) is 3.58. The Morgan fingerprint density at radius 2 is 2.14 bits per heavy atom. The number of carbonyl (C=O) groups excluding carboxylic acids is 1. The number of carboxylic acids is 1. The third kappa shape index (κ3) is 4.03. The van der Waals surface area contributed by atoms with E-state index in [2.05, 4.69) is 18.3 Å². The summed E-state index contributed by atoms with van der Waals surface area (Å²) < 4.78 is 0. The lowest BCUT2D eigenvalue weighted by Gasteiger charge is -2.02. The SMILES string of the molecule is Cc1cc(CNC(=O)c2sccc2C=CC(=O)O)sc1C. The van der Waals surface area contributed by atoms with Crippen LogP contribution in [0.4, 0.5) is 0 Å². The van der Waals surface area contributed by atoms with E-state index in [1.807, 2.05) is 6.92 Å². The molecule has 0 unspecified atom stereocenters. The second-order valence-corrected chi connectivity index (χ2v) is 6.77. The Kier molecular flexibility index (Phi) is 4.93. The number of nitrogens with one attached hydrogen (secondary N) is 1. The topological polar surface area (TPSA) is 66.4 Å². The largest absolute Gasteiger partial charge is 0.478 e. The minimum Gasteiger partial charge on any atom is -0.478 e. The summed E-state index contributed by atoms with van der Waals surface area (Å²) in [6.07, 6.45) is 2.47. The van der Waals surface area contributed by atoms with Gasteiger partial charge in [-0.1, -0.05) is 0 Å². The van der Waals surface area contributed by atoms with E-state index < -0.39 is 5.97 Å². The van der Waals surface area contributed by atoms with Gasteiger partial charge in [0.25, 0.3) is 5.91 Å². The number of thiophene rings is 2. The van der Waals surface area contributed by atoms with Crippen LogP contribution in [-0.2, 0) is 11.3 Å². The summed E-state index contributed by atoms with van der Waals surface area (Å²) in [4.78, 5) is 25.6. The molecule has 1 amide bonds. The van der Waals surface area contributed by atoms with Crippen molar-refractivity contribution in [2.45, 2.75) is 20.4 Å². The fraction of sp³-hybridized carbons (Fsp3) is 0.200. The van der Waals surface area contributed by atoms with Gasteiger partial charge in [0.2, 0.25) is 0 Å². The molecule has 2 aromatic heterocycles. The third-order valence-corrected chi connectivity index (χ3v) is 5.03. The van der Waals surface area contributed by atoms with Crippen LogP contribution in [0.25, 0.3) is 6.08 Å². The predicted octanol–water partition coefficient (Wildman–Crippen LogP) is 3.45. The van der Waals surface area contributed by atoms with E-state index in [1.54, 1.807) is 22.8 Å². The quantitative estimate of drug-likeness (QED) is 0.829. The van der Waals surface area contributed by atoms with Gasteiger partial charge in [-0.05, 0) is 48.6 Å². The first kappa shape index (κ1) is 15.5. The van der Waals surface area contributed by atoms with Gasteiger partial charge in [-0.25, -0.2) is 4.79 Å². The molecule has 110 valence electrons. The summed E-state index contributed by atoms with van der Waals surface area (Å²) in [7, 11) is 0. The number of amides is 1. The minimum atomic E-state index is -1.03. The molecule has 2 N–H and O–H groups in total. The highest BCUT2D eigenvalue weighted by atomic mass is 32.1. The van der Waals surface area contributed by atoms with Gasteiger partial charge < -0.3 is 10.4 Å². The fourth-order valence-electron chi connectivity index (χ4n) is 1.78. The molecule has 0 spiro atoms. The van der Waals surface area contributed by atoms with Gasteiger partial charge in [0, 0.05) is 15.8 Å². The number of carboxylic acid groups (broad SMARTS) is 1. The van der Waals surface area contributed by atoms with Gasteiger partial charge in [-0.2, -0.15) is 0 Å². The minimum absolute atomic E-state index is 0.182. The van der Waals surface area contributed by atoms with Crippen LogP contribution >= 0.6 is 22.7 Å². The van der Waals surface area contributed by atoms with Gasteiger partial charge in [-0.15, -0.1) is 22.7 Å². The zero-order valence-electron chi connectivity index (χ0n) is 11.7. The molecular weight excluding hydrogens is 306 g/mol. The standard InChI is InChI=1S/C15H15NO3S2/c1-9-7-12(21-10(9)2)8-16-15(19)14-11(5-6-20-14)3-4-13(17)18/h3-7H,8H2,1-2H3,(H,16,19)(H,17,18). The van der Waals surface area contributed by atoms with Gasteiger partial charge in [-0.3, -0.25) is 4.79 Å². The number of hydrogen-bond acceptors (Lipinski definition) is 4. The van der Waals surface area contributed by atoms with Crippen LogP contribution in [0.3, 0.4) is 0 Å². The lowest BCUT2D eigenvalue weighted by atomic mass is 10.2. The van der Waals surface area contributed by atoms with Crippen LogP contribution in [-0.4, -0.2) is 17.0 Å². The molecule has 0 saturated heterocycles. The monoisotopic (exact) mass is 321 g/mol. The van der Waals surface area contributed by atoms with E-state index in [-0.39, 0.29) is 5.91 Å². The van der Waals surface area contributed by atoms with Crippen molar-refractivity contribution < 1.29 is 14.7 Å². The molecule has 4 nitrogen and oxygen atoms in total. The van der Waals surface area contributed by atoms with Crippen molar-refractivity contribution in [2.75, 3.05) is 0 Å². The maximum atomic E-state index is 12.2. The average Bonchev–Trinajstić information content (AvgIpc) is 3.01. The van der Waals surface area contributed by atoms with Gasteiger partial charge in [0.1, 0.15) is 0 Å². The van der Waals surface area contributed by atoms with Crippen molar-refractivity contribution in [1.82, 2.24) is 5.32 Å². The zero-order valence-corrected chi connectivity index (χ0v) is 13.3. The molecule has 21 heavy (non-hydrogen) atoms. The van der Waals surface area contributed by atoms with Crippen molar-refractivity contribution in [1.29, 1.82) is 0 Å². The second-order valence-electron chi connectivity index (χ2n) is 4.51. The zero-order chi connectivity index (χ0) is 15.4. The van der Waals surface area contributed by atoms with Crippen LogP contribution in [0.2, 0.25) is 0 Å². The van der Waals surface area contributed by atoms with E-state index in [0.717, 1.165) is 11.0 Å². The maximum absolute atomic E-state index is 12.2. The molecule has 0 fully saturated rings. The smallest absolute Gasteiger partial charge is 0.328 e. The third-order valence-electron chi connectivity index (χ3n) is 2.95. The van der Waals surface area contributed by atoms with E-state index in [9.17, 15) is 9.59 Å². The summed E-state index contributed by atoms with van der Waals surface area (Å²) in [6.45, 7) is 4.59. The van der Waals surface area contributed by atoms with E-state index in [1.165, 1.54) is 27.9 Å². The highest BCUT2D eigenvalue weighted by Crippen LogP contribution is 2.21. The van der Waals surface area contributed by atoms with Crippen molar-refractivity contribution in [3.8, 4) is 0 Å². The van der Waals surface area contributed by atoms with Gasteiger partial charge in [0.15, 0.2) is 0 Å². The lowest BCUT2D eigenvalue weighted by Crippen LogP contribution is -2.21. The lowest BCUT2D eigenvalue weighted by molar-refractivity contribution is -0.131. The van der Waals surface area contributed by atoms with Crippen molar-refractivity contribution >= 4 is 40.6 Å². The molecule has 0 atom stereocenters. The Morgan fingerprint density at radius 3 is 2.76 bits per heavy atom. The van der Waals surface area contributed by atoms with Crippen molar-refractivity contribution in [3.05, 3.63) is 49.3 Å². The van der Waals surface area contributed by atoms with Crippen LogP contribution < -0.4 is 5.32 Å². The van der Waals surface area contributed by atoms with Gasteiger partial charge >= 0.3 is 5.97 Å². The summed E-state index contributed by atoms with van der Waals surface area (Å²) >= 11 is 2.97. The highest BCUT2D eigenvalue weighted by molar-refractivity contribution is 7.12. The Labute approximate surface area is 130 Å². The molecule has 2 heterocycles. The molecule has 0 aliphatic heterocycles. The molecule has 2 rings (SSSR count). The van der Waals surface area contributed by atoms with Crippen LogP contribution in [0, 0.1) is 13.8 Å². The Morgan fingerprint density at radius 1 is 1.38 bits per heavy atom. The van der Waals surface area contributed by atoms with Crippen LogP contribution in [0.15, 0.2) is 23.6 Å². The predicted molar refractivity (Wildman–Crippen MR) is 86.0 cm³/mol. The first-order valence-corrected chi connectivity index (χ1v) is 7.99. The molecule has 2 aromatic rings. The average molecular weight is 321 g/mol. The summed E-state index contributed by atoms with van der Waals surface area (Å²) in [6, 6.07) is 3.80. The van der Waals surface area contributed by atoms with E-state index in [4.69, 9.17) is 5.11 Å². The van der Waals surface area contributed by atoms with E-state index >= 15 is 0 Å². The first-order valence-electron chi connectivity index (χ1n) is 6.30. The Balaban J connectivity index is 2.04. The van der Waals surface area contributed by atoms with Gasteiger partial charge in [0.05, 0.1) is 11.4 Å². The molecule has 0 radical (unpaired) electrons. The molecule has 0 bridgehead atoms. The second kappa shape index (κ2) is 6.69. The molecule has 6 heteroatoms. The van der Waals surface area contributed by atoms with E-state index in [0.29, 0.717) is 17.0 Å². The molecule has 0 saturated carbocycles. The number of aryl methyl sites for hydroxylation is 2. The number of aliphatic carboxylic acids is 1. The molecule has 0 aromatic carbocycles. The Hall–Kier alpha value is -1.92. The highest BCUT2D eigenvalue weighted by Gasteiger charge is 2.12. The maximum Gasteiger partial charge on any atom is 0.328 e. The molecule has 0 aliphatic carbocycles. The number of rotatable bonds is 5. The first-order chi connectivity index (χ1) is 9.97. The molecule has 0 aliphatic rings. The number of carbonyl (C=O) groups is 2. The van der Waals surface area contributed by atoms with Crippen molar-refractivity contribution in [2.24, 2.45) is 0 Å².